The van der Waals surface area contributed by atoms with Gasteiger partial charge in [0.1, 0.15) is 23.3 Å². The number of nitrogens with zero attached hydrogens (tertiary/aromatic N) is 4. The van der Waals surface area contributed by atoms with Gasteiger partial charge < -0.3 is 5.32 Å². The second-order valence-corrected chi connectivity index (χ2v) is 4.75. The third kappa shape index (κ3) is 1.75. The monoisotopic (exact) mass is 243 g/mol. The van der Waals surface area contributed by atoms with E-state index in [2.05, 4.69) is 15.3 Å². The molecule has 0 aliphatic heterocycles. The first-order chi connectivity index (χ1) is 8.70. The van der Waals surface area contributed by atoms with Crippen LogP contribution >= 0.6 is 0 Å². The van der Waals surface area contributed by atoms with E-state index < -0.39 is 0 Å². The summed E-state index contributed by atoms with van der Waals surface area (Å²) < 4.78 is 2.02. The van der Waals surface area contributed by atoms with Crippen molar-refractivity contribution in [2.75, 3.05) is 12.4 Å². The Balaban J connectivity index is 2.18. The number of hydrogen-bond acceptors (Lipinski definition) is 4. The molecule has 2 aromatic heterocycles. The van der Waals surface area contributed by atoms with E-state index in [0.717, 1.165) is 28.8 Å². The van der Waals surface area contributed by atoms with Crippen LogP contribution in [0.2, 0.25) is 0 Å². The maximum absolute atomic E-state index is 4.72. The molecule has 1 N–H and O–H groups in total. The van der Waals surface area contributed by atoms with E-state index in [4.69, 9.17) is 4.98 Å². The minimum Gasteiger partial charge on any atom is -0.373 e. The van der Waals surface area contributed by atoms with Gasteiger partial charge in [0.2, 0.25) is 0 Å². The van der Waals surface area contributed by atoms with Crippen molar-refractivity contribution in [3.05, 3.63) is 29.6 Å². The van der Waals surface area contributed by atoms with Gasteiger partial charge in [0.15, 0.2) is 0 Å². The molecule has 1 aliphatic rings. The topological polar surface area (TPSA) is 55.6 Å². The van der Waals surface area contributed by atoms with E-state index >= 15 is 0 Å². The Morgan fingerprint density at radius 2 is 2.06 bits per heavy atom. The van der Waals surface area contributed by atoms with Gasteiger partial charge in [-0.1, -0.05) is 0 Å². The molecule has 5 heteroatoms. The van der Waals surface area contributed by atoms with Crippen LogP contribution in [0.3, 0.4) is 0 Å². The fourth-order valence-corrected chi connectivity index (χ4v) is 2.13. The van der Waals surface area contributed by atoms with Crippen molar-refractivity contribution in [3.63, 3.8) is 0 Å². The summed E-state index contributed by atoms with van der Waals surface area (Å²) in [5.41, 5.74) is 1.06. The quantitative estimate of drug-likeness (QED) is 0.898. The highest BCUT2D eigenvalue weighted by molar-refractivity contribution is 5.52. The van der Waals surface area contributed by atoms with Crippen LogP contribution in [0.25, 0.3) is 5.82 Å². The molecule has 3 rings (SSSR count). The second-order valence-electron chi connectivity index (χ2n) is 4.75. The predicted molar refractivity (Wildman–Crippen MR) is 70.1 cm³/mol. The molecular formula is C13H17N5. The number of anilines is 1. The van der Waals surface area contributed by atoms with E-state index in [1.165, 1.54) is 12.8 Å². The second kappa shape index (κ2) is 4.08. The van der Waals surface area contributed by atoms with Crippen LogP contribution < -0.4 is 5.32 Å². The molecule has 2 aromatic rings. The highest BCUT2D eigenvalue weighted by Crippen LogP contribution is 2.39. The molecule has 0 aromatic carbocycles. The van der Waals surface area contributed by atoms with Crippen LogP contribution in [0.1, 0.15) is 36.0 Å². The lowest BCUT2D eigenvalue weighted by molar-refractivity contribution is 0.850. The van der Waals surface area contributed by atoms with Crippen LogP contribution in [-0.2, 0) is 0 Å². The zero-order valence-electron chi connectivity index (χ0n) is 10.9. The lowest BCUT2D eigenvalue weighted by Gasteiger charge is -2.13. The first-order valence-electron chi connectivity index (χ1n) is 6.27. The SMILES string of the molecule is CNc1nc(C2CC2)nc(-n2ccnc2C)c1C. The molecule has 0 unspecified atom stereocenters. The van der Waals surface area contributed by atoms with Crippen LogP contribution in [0.4, 0.5) is 5.82 Å². The summed E-state index contributed by atoms with van der Waals surface area (Å²) in [6.45, 7) is 4.02. The van der Waals surface area contributed by atoms with Crippen molar-refractivity contribution in [1.29, 1.82) is 0 Å². The van der Waals surface area contributed by atoms with Gasteiger partial charge in [0.05, 0.1) is 0 Å². The molecule has 0 saturated heterocycles. The van der Waals surface area contributed by atoms with Crippen molar-refractivity contribution in [1.82, 2.24) is 19.5 Å². The average Bonchev–Trinajstić information content (AvgIpc) is 3.13. The number of hydrogen-bond donors (Lipinski definition) is 1. The summed E-state index contributed by atoms with van der Waals surface area (Å²) in [6, 6.07) is 0. The number of nitrogens with one attached hydrogen (secondary N) is 1. The van der Waals surface area contributed by atoms with E-state index in [9.17, 15) is 0 Å². The number of imidazole rings is 1. The Morgan fingerprint density at radius 1 is 1.28 bits per heavy atom. The Morgan fingerprint density at radius 3 is 2.61 bits per heavy atom. The minimum absolute atomic E-state index is 0.542. The lowest BCUT2D eigenvalue weighted by Crippen LogP contribution is -2.09. The van der Waals surface area contributed by atoms with Gasteiger partial charge in [-0.15, -0.1) is 0 Å². The van der Waals surface area contributed by atoms with Gasteiger partial charge in [-0.3, -0.25) is 4.57 Å². The Kier molecular flexibility index (Phi) is 2.54. The first kappa shape index (κ1) is 11.2. The van der Waals surface area contributed by atoms with Gasteiger partial charge >= 0.3 is 0 Å². The molecular weight excluding hydrogens is 226 g/mol. The molecule has 0 atom stereocenters. The van der Waals surface area contributed by atoms with Crippen molar-refractivity contribution >= 4 is 5.82 Å². The largest absolute Gasteiger partial charge is 0.373 e. The zero-order valence-corrected chi connectivity index (χ0v) is 10.9. The maximum Gasteiger partial charge on any atom is 0.146 e. The summed E-state index contributed by atoms with van der Waals surface area (Å²) in [4.78, 5) is 13.6. The van der Waals surface area contributed by atoms with Crippen molar-refractivity contribution in [2.45, 2.75) is 32.6 Å². The summed E-state index contributed by atoms with van der Waals surface area (Å²) in [5, 5.41) is 3.16. The highest BCUT2D eigenvalue weighted by Gasteiger charge is 2.28. The van der Waals surface area contributed by atoms with Crippen LogP contribution in [0, 0.1) is 13.8 Å². The fourth-order valence-electron chi connectivity index (χ4n) is 2.13. The predicted octanol–water partition coefficient (Wildman–Crippen LogP) is 2.20. The third-order valence-corrected chi connectivity index (χ3v) is 3.37. The van der Waals surface area contributed by atoms with E-state index in [0.29, 0.717) is 5.92 Å². The number of aryl methyl sites for hydroxylation is 1. The standard InChI is InChI=1S/C13H17N5/c1-8-11(14-3)16-12(10-4-5-10)17-13(8)18-7-6-15-9(18)2/h6-7,10H,4-5H2,1-3H3,(H,14,16,17). The molecule has 2 heterocycles. The Labute approximate surface area is 106 Å². The van der Waals surface area contributed by atoms with E-state index in [1.54, 1.807) is 6.20 Å². The lowest BCUT2D eigenvalue weighted by atomic mass is 10.2. The molecule has 18 heavy (non-hydrogen) atoms. The van der Waals surface area contributed by atoms with E-state index in [-0.39, 0.29) is 0 Å². The number of rotatable bonds is 3. The fraction of sp³-hybridized carbons (Fsp3) is 0.462. The summed E-state index contributed by atoms with van der Waals surface area (Å²) in [5.74, 6) is 4.29. The highest BCUT2D eigenvalue weighted by atomic mass is 15.2. The van der Waals surface area contributed by atoms with E-state index in [1.807, 2.05) is 31.7 Å². The summed E-state index contributed by atoms with van der Waals surface area (Å²) in [7, 11) is 1.90. The molecule has 1 saturated carbocycles. The average molecular weight is 243 g/mol. The molecule has 0 radical (unpaired) electrons. The van der Waals surface area contributed by atoms with Crippen LogP contribution in [0.5, 0.6) is 0 Å². The first-order valence-corrected chi connectivity index (χ1v) is 6.27. The van der Waals surface area contributed by atoms with Gasteiger partial charge in [-0.05, 0) is 26.7 Å². The smallest absolute Gasteiger partial charge is 0.146 e. The third-order valence-electron chi connectivity index (χ3n) is 3.37. The Hall–Kier alpha value is -1.91. The van der Waals surface area contributed by atoms with Gasteiger partial charge in [-0.25, -0.2) is 15.0 Å². The molecule has 94 valence electrons. The summed E-state index contributed by atoms with van der Waals surface area (Å²) >= 11 is 0. The van der Waals surface area contributed by atoms with Crippen molar-refractivity contribution in [3.8, 4) is 5.82 Å². The van der Waals surface area contributed by atoms with Crippen LogP contribution in [0.15, 0.2) is 12.4 Å². The normalized spacial score (nSPS) is 14.8. The van der Waals surface area contributed by atoms with Gasteiger partial charge in [0, 0.05) is 30.9 Å². The van der Waals surface area contributed by atoms with Gasteiger partial charge in [0.25, 0.3) is 0 Å². The molecule has 1 aliphatic carbocycles. The van der Waals surface area contributed by atoms with Crippen LogP contribution in [-0.4, -0.2) is 26.6 Å². The zero-order chi connectivity index (χ0) is 12.7. The molecule has 5 nitrogen and oxygen atoms in total. The molecule has 1 fully saturated rings. The maximum atomic E-state index is 4.72. The Bertz CT molecular complexity index is 583. The minimum atomic E-state index is 0.542. The molecule has 0 amide bonds. The molecule has 0 spiro atoms. The van der Waals surface area contributed by atoms with Crippen molar-refractivity contribution in [2.24, 2.45) is 0 Å². The van der Waals surface area contributed by atoms with Gasteiger partial charge in [-0.2, -0.15) is 0 Å². The summed E-state index contributed by atoms with van der Waals surface area (Å²) in [6.07, 6.45) is 6.15. The van der Waals surface area contributed by atoms with Crippen molar-refractivity contribution < 1.29 is 0 Å². The molecule has 0 bridgehead atoms. The number of aromatic nitrogens is 4.